The molecule has 0 bridgehead atoms. The van der Waals surface area contributed by atoms with Crippen molar-refractivity contribution < 1.29 is 29.3 Å². The summed E-state index contributed by atoms with van der Waals surface area (Å²) in [5.74, 6) is -2.39. The molecular weight excluding hydrogens is 516 g/mol. The van der Waals surface area contributed by atoms with Crippen LogP contribution in [0, 0.1) is 6.92 Å². The van der Waals surface area contributed by atoms with Crippen LogP contribution in [0.4, 0.5) is 5.69 Å². The van der Waals surface area contributed by atoms with Crippen molar-refractivity contribution >= 4 is 34.7 Å². The van der Waals surface area contributed by atoms with Crippen molar-refractivity contribution in [3.05, 3.63) is 112 Å². The fourth-order valence-corrected chi connectivity index (χ4v) is 5.59. The number of aromatic nitrogens is 1. The molecule has 1 aliphatic heterocycles. The van der Waals surface area contributed by atoms with Gasteiger partial charge in [0.1, 0.15) is 10.8 Å². The molecule has 3 aromatic carbocycles. The zero-order valence-corrected chi connectivity index (χ0v) is 21.9. The van der Waals surface area contributed by atoms with Crippen molar-refractivity contribution in [1.29, 1.82) is 0 Å². The topological polar surface area (TPSA) is 117 Å². The molecule has 1 aromatic heterocycles. The SMILES string of the molecule is COC(=O)Cc1ccc(N2C(=O)C(O)=C(C(=O)c3sc(-c4ccccc4)nc3C)C2c2cccc(O)c2)cc1. The van der Waals surface area contributed by atoms with E-state index >= 15 is 0 Å². The van der Waals surface area contributed by atoms with Crippen LogP contribution in [0.5, 0.6) is 5.75 Å². The number of aliphatic hydroxyl groups is 1. The highest BCUT2D eigenvalue weighted by Crippen LogP contribution is 2.44. The normalized spacial score (nSPS) is 15.1. The molecule has 5 rings (SSSR count). The second-order valence-corrected chi connectivity index (χ2v) is 9.98. The lowest BCUT2D eigenvalue weighted by molar-refractivity contribution is -0.139. The van der Waals surface area contributed by atoms with Crippen LogP contribution in [0.1, 0.15) is 32.5 Å². The first kappa shape index (κ1) is 25.9. The van der Waals surface area contributed by atoms with E-state index in [1.807, 2.05) is 30.3 Å². The lowest BCUT2D eigenvalue weighted by Gasteiger charge is -2.27. The fraction of sp³-hybridized carbons (Fsp3) is 0.133. The monoisotopic (exact) mass is 540 g/mol. The van der Waals surface area contributed by atoms with E-state index in [2.05, 4.69) is 4.98 Å². The second-order valence-electron chi connectivity index (χ2n) is 8.98. The first-order valence-corrected chi connectivity index (χ1v) is 12.9. The molecule has 4 aromatic rings. The first-order valence-electron chi connectivity index (χ1n) is 12.1. The summed E-state index contributed by atoms with van der Waals surface area (Å²) in [5, 5.41) is 21.9. The largest absolute Gasteiger partial charge is 0.508 e. The molecule has 0 saturated heterocycles. The van der Waals surface area contributed by atoms with Gasteiger partial charge in [0.15, 0.2) is 5.76 Å². The third-order valence-corrected chi connectivity index (χ3v) is 7.66. The summed E-state index contributed by atoms with van der Waals surface area (Å²) in [6, 6.07) is 21.3. The Labute approximate surface area is 228 Å². The highest BCUT2D eigenvalue weighted by molar-refractivity contribution is 7.17. The number of thiazole rings is 1. The molecule has 0 saturated carbocycles. The van der Waals surface area contributed by atoms with E-state index < -0.39 is 29.5 Å². The first-order chi connectivity index (χ1) is 18.8. The second kappa shape index (κ2) is 10.5. The number of esters is 1. The lowest BCUT2D eigenvalue weighted by Crippen LogP contribution is -2.31. The van der Waals surface area contributed by atoms with Gasteiger partial charge in [-0.05, 0) is 42.3 Å². The highest BCUT2D eigenvalue weighted by Gasteiger charge is 2.45. The summed E-state index contributed by atoms with van der Waals surface area (Å²) in [4.78, 5) is 45.3. The third kappa shape index (κ3) is 4.92. The van der Waals surface area contributed by atoms with Crippen LogP contribution in [-0.2, 0) is 20.7 Å². The van der Waals surface area contributed by atoms with Gasteiger partial charge in [0.25, 0.3) is 5.91 Å². The van der Waals surface area contributed by atoms with Crippen molar-refractivity contribution in [1.82, 2.24) is 4.98 Å². The number of methoxy groups -OCH3 is 1. The van der Waals surface area contributed by atoms with E-state index in [1.54, 1.807) is 43.3 Å². The zero-order chi connectivity index (χ0) is 27.7. The van der Waals surface area contributed by atoms with Crippen molar-refractivity contribution in [2.24, 2.45) is 0 Å². The maximum Gasteiger partial charge on any atom is 0.309 e. The number of phenolic OH excluding ortho intramolecular Hbond substituents is 1. The molecule has 2 N–H and O–H groups in total. The van der Waals surface area contributed by atoms with E-state index in [9.17, 15) is 24.6 Å². The molecule has 9 heteroatoms. The number of ketones is 1. The Hall–Kier alpha value is -4.76. The minimum atomic E-state index is -1.01. The number of rotatable bonds is 7. The zero-order valence-electron chi connectivity index (χ0n) is 21.1. The Morgan fingerprint density at radius 2 is 1.72 bits per heavy atom. The lowest BCUT2D eigenvalue weighted by atomic mass is 9.94. The Morgan fingerprint density at radius 1 is 1.00 bits per heavy atom. The summed E-state index contributed by atoms with van der Waals surface area (Å²) >= 11 is 1.19. The molecule has 1 amide bonds. The van der Waals surface area contributed by atoms with Gasteiger partial charge >= 0.3 is 5.97 Å². The van der Waals surface area contributed by atoms with Gasteiger partial charge in [-0.1, -0.05) is 54.6 Å². The van der Waals surface area contributed by atoms with Gasteiger partial charge in [-0.15, -0.1) is 11.3 Å². The highest BCUT2D eigenvalue weighted by atomic mass is 32.1. The number of carbonyl (C=O) groups excluding carboxylic acids is 3. The van der Waals surface area contributed by atoms with Crippen LogP contribution >= 0.6 is 11.3 Å². The molecule has 1 aliphatic rings. The van der Waals surface area contributed by atoms with Crippen molar-refractivity contribution in [3.63, 3.8) is 0 Å². The summed E-state index contributed by atoms with van der Waals surface area (Å²) in [6.45, 7) is 1.71. The number of hydrogen-bond donors (Lipinski definition) is 2. The van der Waals surface area contributed by atoms with Crippen LogP contribution in [0.25, 0.3) is 10.6 Å². The Kier molecular flexibility index (Phi) is 7.00. The van der Waals surface area contributed by atoms with E-state index in [0.717, 1.165) is 5.56 Å². The van der Waals surface area contributed by atoms with Gasteiger partial charge in [-0.3, -0.25) is 19.3 Å². The van der Waals surface area contributed by atoms with Crippen molar-refractivity contribution in [2.45, 2.75) is 19.4 Å². The predicted molar refractivity (Wildman–Crippen MR) is 147 cm³/mol. The standard InChI is InChI=1S/C30H24N2O6S/c1-17-28(39-29(31-17)19-7-4-3-5-8-19)26(35)24-25(20-9-6-10-22(33)16-20)32(30(37)27(24)36)21-13-11-18(12-14-21)15-23(34)38-2/h3-14,16,25,33,36H,15H2,1-2H3. The van der Waals surface area contributed by atoms with Crippen LogP contribution in [0.2, 0.25) is 0 Å². The minimum absolute atomic E-state index is 0.0492. The van der Waals surface area contributed by atoms with Crippen molar-refractivity contribution in [2.75, 3.05) is 12.0 Å². The number of hydrogen-bond acceptors (Lipinski definition) is 8. The number of anilines is 1. The quantitative estimate of drug-likeness (QED) is 0.241. The molecular formula is C30H24N2O6S. The number of aromatic hydroxyl groups is 1. The van der Waals surface area contributed by atoms with Gasteiger partial charge in [0, 0.05) is 11.3 Å². The molecule has 39 heavy (non-hydrogen) atoms. The van der Waals surface area contributed by atoms with Crippen LogP contribution in [-0.4, -0.2) is 40.0 Å². The molecule has 8 nitrogen and oxygen atoms in total. The number of Topliss-reactive ketones (excluding diaryl/α,β-unsaturated/α-hetero) is 1. The van der Waals surface area contributed by atoms with Crippen LogP contribution in [0.15, 0.2) is 90.2 Å². The third-order valence-electron chi connectivity index (χ3n) is 6.45. The maximum absolute atomic E-state index is 14.0. The van der Waals surface area contributed by atoms with Gasteiger partial charge in [0.2, 0.25) is 5.78 Å². The number of aryl methyl sites for hydroxylation is 1. The minimum Gasteiger partial charge on any atom is -0.508 e. The summed E-state index contributed by atoms with van der Waals surface area (Å²) in [5.41, 5.74) is 2.76. The molecule has 0 aliphatic carbocycles. The van der Waals surface area contributed by atoms with Gasteiger partial charge < -0.3 is 14.9 Å². The summed E-state index contributed by atoms with van der Waals surface area (Å²) in [7, 11) is 1.31. The number of benzene rings is 3. The van der Waals surface area contributed by atoms with E-state index in [0.29, 0.717) is 32.4 Å². The summed E-state index contributed by atoms with van der Waals surface area (Å²) in [6.07, 6.45) is 0.0579. The van der Waals surface area contributed by atoms with E-state index in [1.165, 1.54) is 35.5 Å². The number of phenols is 1. The number of ether oxygens (including phenoxy) is 1. The van der Waals surface area contributed by atoms with Gasteiger partial charge in [-0.25, -0.2) is 4.98 Å². The maximum atomic E-state index is 14.0. The smallest absolute Gasteiger partial charge is 0.309 e. The number of amides is 1. The molecule has 0 spiro atoms. The Morgan fingerprint density at radius 3 is 2.38 bits per heavy atom. The Bertz CT molecular complexity index is 1610. The van der Waals surface area contributed by atoms with E-state index in [4.69, 9.17) is 4.74 Å². The molecule has 0 fully saturated rings. The van der Waals surface area contributed by atoms with Crippen molar-refractivity contribution in [3.8, 4) is 16.3 Å². The average molecular weight is 541 g/mol. The molecule has 1 atom stereocenters. The molecule has 2 heterocycles. The van der Waals surface area contributed by atoms with E-state index in [-0.39, 0.29) is 17.7 Å². The molecule has 0 radical (unpaired) electrons. The number of carbonyl (C=O) groups is 3. The molecule has 196 valence electrons. The number of aliphatic hydroxyl groups excluding tert-OH is 1. The fourth-order valence-electron chi connectivity index (χ4n) is 4.56. The van der Waals surface area contributed by atoms with Crippen LogP contribution < -0.4 is 4.90 Å². The van der Waals surface area contributed by atoms with Gasteiger partial charge in [-0.2, -0.15) is 0 Å². The Balaban J connectivity index is 1.58. The average Bonchev–Trinajstić information content (AvgIpc) is 3.46. The predicted octanol–water partition coefficient (Wildman–Crippen LogP) is 5.32. The van der Waals surface area contributed by atoms with Crippen LogP contribution in [0.3, 0.4) is 0 Å². The summed E-state index contributed by atoms with van der Waals surface area (Å²) < 4.78 is 4.71. The number of nitrogens with zero attached hydrogens (tertiary/aromatic N) is 2. The van der Waals surface area contributed by atoms with Gasteiger partial charge in [0.05, 0.1) is 35.7 Å². The molecule has 1 unspecified atom stereocenters.